The second-order valence-corrected chi connectivity index (χ2v) is 4.63. The van der Waals surface area contributed by atoms with E-state index in [-0.39, 0.29) is 11.2 Å². The molecule has 0 aliphatic heterocycles. The zero-order valence-corrected chi connectivity index (χ0v) is 9.34. The molecule has 1 aromatic heterocycles. The van der Waals surface area contributed by atoms with E-state index in [1.165, 1.54) is 11.3 Å². The van der Waals surface area contributed by atoms with Gasteiger partial charge < -0.3 is 15.2 Å². The lowest BCUT2D eigenvalue weighted by Gasteiger charge is -2.06. The Kier molecular flexibility index (Phi) is 2.53. The Labute approximate surface area is 92.9 Å². The molecule has 0 saturated heterocycles. The van der Waals surface area contributed by atoms with Crippen LogP contribution in [-0.4, -0.2) is 22.3 Å². The van der Waals surface area contributed by atoms with Gasteiger partial charge in [0.15, 0.2) is 0 Å². The van der Waals surface area contributed by atoms with Crippen LogP contribution < -0.4 is 5.46 Å². The monoisotopic (exact) mass is 272 g/mol. The number of thiophene rings is 1. The van der Waals surface area contributed by atoms with Crippen molar-refractivity contribution in [3.8, 4) is 5.75 Å². The van der Waals surface area contributed by atoms with E-state index < -0.39 is 7.12 Å². The highest BCUT2D eigenvalue weighted by atomic mass is 79.9. The predicted molar refractivity (Wildman–Crippen MR) is 61.0 cm³/mol. The van der Waals surface area contributed by atoms with Crippen LogP contribution in [0.1, 0.15) is 0 Å². The van der Waals surface area contributed by atoms with Crippen LogP contribution in [0.3, 0.4) is 0 Å². The molecule has 2 aromatic rings. The molecule has 0 bridgehead atoms. The summed E-state index contributed by atoms with van der Waals surface area (Å²) in [7, 11) is -1.67. The number of fused-ring (bicyclic) bond motifs is 1. The molecule has 0 spiro atoms. The van der Waals surface area contributed by atoms with Gasteiger partial charge in [-0.2, -0.15) is 0 Å². The van der Waals surface area contributed by atoms with Gasteiger partial charge in [0.2, 0.25) is 0 Å². The number of hydrogen-bond donors (Lipinski definition) is 3. The first-order valence-corrected chi connectivity index (χ1v) is 5.53. The third kappa shape index (κ3) is 1.44. The molecule has 0 amide bonds. The summed E-state index contributed by atoms with van der Waals surface area (Å²) in [6, 6.07) is 3.50. The van der Waals surface area contributed by atoms with Gasteiger partial charge >= 0.3 is 7.12 Å². The minimum atomic E-state index is -1.67. The van der Waals surface area contributed by atoms with Crippen LogP contribution in [0.2, 0.25) is 0 Å². The Morgan fingerprint density at radius 3 is 2.71 bits per heavy atom. The van der Waals surface area contributed by atoms with Gasteiger partial charge in [-0.1, -0.05) is 15.9 Å². The Bertz CT molecular complexity index is 483. The molecule has 3 N–H and O–H groups in total. The van der Waals surface area contributed by atoms with Crippen LogP contribution in [0.4, 0.5) is 0 Å². The number of hydrogen-bond acceptors (Lipinski definition) is 4. The molecule has 14 heavy (non-hydrogen) atoms. The van der Waals surface area contributed by atoms with Crippen molar-refractivity contribution in [1.29, 1.82) is 0 Å². The molecule has 0 saturated carbocycles. The van der Waals surface area contributed by atoms with E-state index >= 15 is 0 Å². The Hall–Kier alpha value is -0.555. The van der Waals surface area contributed by atoms with E-state index in [0.29, 0.717) is 9.86 Å². The summed E-state index contributed by atoms with van der Waals surface area (Å²) in [6.45, 7) is 0. The smallest absolute Gasteiger partial charge is 0.493 e. The number of phenols is 1. The molecule has 0 fully saturated rings. The topological polar surface area (TPSA) is 60.7 Å². The lowest BCUT2D eigenvalue weighted by molar-refractivity contribution is 0.420. The zero-order chi connectivity index (χ0) is 10.3. The summed E-state index contributed by atoms with van der Waals surface area (Å²) in [5.41, 5.74) is 0.107. The summed E-state index contributed by atoms with van der Waals surface area (Å²) in [5, 5.41) is 30.3. The average molecular weight is 273 g/mol. The van der Waals surface area contributed by atoms with Gasteiger partial charge in [-0.05, 0) is 17.5 Å². The standard InChI is InChI=1S/C8H6BBrO3S/c10-5-3-6-4(1-2-14-6)8(11)7(5)9(12)13/h1-3,11-13H. The van der Waals surface area contributed by atoms with Crippen molar-refractivity contribution in [2.24, 2.45) is 0 Å². The van der Waals surface area contributed by atoms with Gasteiger partial charge in [0.25, 0.3) is 0 Å². The highest BCUT2D eigenvalue weighted by Crippen LogP contribution is 2.31. The maximum atomic E-state index is 9.75. The first-order chi connectivity index (χ1) is 6.61. The van der Waals surface area contributed by atoms with E-state index in [4.69, 9.17) is 10.0 Å². The molecule has 1 heterocycles. The highest BCUT2D eigenvalue weighted by Gasteiger charge is 2.22. The SMILES string of the molecule is OB(O)c1c(Br)cc2sccc2c1O. The highest BCUT2D eigenvalue weighted by molar-refractivity contribution is 9.10. The Morgan fingerprint density at radius 2 is 2.07 bits per heavy atom. The third-order valence-corrected chi connectivity index (χ3v) is 3.50. The molecule has 0 radical (unpaired) electrons. The van der Waals surface area contributed by atoms with Crippen molar-refractivity contribution >= 4 is 49.9 Å². The minimum Gasteiger partial charge on any atom is -0.508 e. The fourth-order valence-corrected chi connectivity index (χ4v) is 2.93. The molecule has 0 aliphatic carbocycles. The van der Waals surface area contributed by atoms with Crippen LogP contribution >= 0.6 is 27.3 Å². The molecule has 0 aliphatic rings. The molecule has 2 rings (SSSR count). The minimum absolute atomic E-state index is 0.0781. The van der Waals surface area contributed by atoms with E-state index in [1.807, 2.05) is 5.38 Å². The lowest BCUT2D eigenvalue weighted by Crippen LogP contribution is -2.31. The fourth-order valence-electron chi connectivity index (χ4n) is 1.33. The molecule has 0 unspecified atom stereocenters. The lowest BCUT2D eigenvalue weighted by atomic mass is 9.79. The number of halogens is 1. The predicted octanol–water partition coefficient (Wildman–Crippen LogP) is 1.05. The number of phenolic OH excluding ortho intramolecular Hbond substituents is 1. The van der Waals surface area contributed by atoms with Crippen molar-refractivity contribution in [2.45, 2.75) is 0 Å². The Morgan fingerprint density at radius 1 is 1.36 bits per heavy atom. The Balaban J connectivity index is 2.82. The molecule has 72 valence electrons. The zero-order valence-electron chi connectivity index (χ0n) is 6.94. The first kappa shape index (κ1) is 9.98. The van der Waals surface area contributed by atoms with E-state index in [9.17, 15) is 5.11 Å². The van der Waals surface area contributed by atoms with Crippen LogP contribution in [0.25, 0.3) is 10.1 Å². The van der Waals surface area contributed by atoms with Crippen LogP contribution in [-0.2, 0) is 0 Å². The maximum Gasteiger partial charge on any atom is 0.493 e. The van der Waals surface area contributed by atoms with Crippen LogP contribution in [0.5, 0.6) is 5.75 Å². The van der Waals surface area contributed by atoms with E-state index in [2.05, 4.69) is 15.9 Å². The van der Waals surface area contributed by atoms with E-state index in [0.717, 1.165) is 4.70 Å². The van der Waals surface area contributed by atoms with Crippen molar-refractivity contribution in [1.82, 2.24) is 0 Å². The van der Waals surface area contributed by atoms with Gasteiger partial charge in [0.1, 0.15) is 5.75 Å². The third-order valence-electron chi connectivity index (χ3n) is 1.98. The molecule has 1 aromatic carbocycles. The van der Waals surface area contributed by atoms with Gasteiger partial charge in [0.05, 0.1) is 0 Å². The fraction of sp³-hybridized carbons (Fsp3) is 0. The molecule has 3 nitrogen and oxygen atoms in total. The number of rotatable bonds is 1. The maximum absolute atomic E-state index is 9.75. The second kappa shape index (κ2) is 3.54. The van der Waals surface area contributed by atoms with Crippen molar-refractivity contribution < 1.29 is 15.2 Å². The molecule has 6 heteroatoms. The van der Waals surface area contributed by atoms with Crippen molar-refractivity contribution in [2.75, 3.05) is 0 Å². The number of benzene rings is 1. The second-order valence-electron chi connectivity index (χ2n) is 2.83. The average Bonchev–Trinajstić information content (AvgIpc) is 2.50. The molecular formula is C8H6BBrO3S. The summed E-state index contributed by atoms with van der Waals surface area (Å²) in [4.78, 5) is 0. The molecule has 0 atom stereocenters. The van der Waals surface area contributed by atoms with Gasteiger partial charge in [-0.15, -0.1) is 11.3 Å². The van der Waals surface area contributed by atoms with Crippen molar-refractivity contribution in [3.63, 3.8) is 0 Å². The van der Waals surface area contributed by atoms with Crippen LogP contribution in [0.15, 0.2) is 22.0 Å². The normalized spacial score (nSPS) is 10.8. The van der Waals surface area contributed by atoms with Gasteiger partial charge in [-0.3, -0.25) is 0 Å². The molecular weight excluding hydrogens is 267 g/mol. The summed E-state index contributed by atoms with van der Waals surface area (Å²) < 4.78 is 1.40. The van der Waals surface area contributed by atoms with Gasteiger partial charge in [0, 0.05) is 20.0 Å². The summed E-state index contributed by atoms with van der Waals surface area (Å²) in [6.07, 6.45) is 0. The number of aromatic hydroxyl groups is 1. The van der Waals surface area contributed by atoms with Crippen LogP contribution in [0, 0.1) is 0 Å². The van der Waals surface area contributed by atoms with Gasteiger partial charge in [-0.25, -0.2) is 0 Å². The first-order valence-electron chi connectivity index (χ1n) is 3.86. The quantitative estimate of drug-likeness (QED) is 0.680. The van der Waals surface area contributed by atoms with E-state index in [1.54, 1.807) is 12.1 Å². The van der Waals surface area contributed by atoms with Crippen molar-refractivity contribution in [3.05, 3.63) is 22.0 Å². The largest absolute Gasteiger partial charge is 0.508 e. The summed E-state index contributed by atoms with van der Waals surface area (Å²) >= 11 is 4.66. The summed E-state index contributed by atoms with van der Waals surface area (Å²) in [5.74, 6) is -0.0781.